The highest BCUT2D eigenvalue weighted by Gasteiger charge is 2.34. The van der Waals surface area contributed by atoms with Gasteiger partial charge in [-0.3, -0.25) is 4.90 Å². The lowest BCUT2D eigenvalue weighted by Crippen LogP contribution is -2.53. The maximum atomic E-state index is 10.0. The van der Waals surface area contributed by atoms with Crippen molar-refractivity contribution in [3.05, 3.63) is 0 Å². The molecule has 0 saturated heterocycles. The molecule has 0 spiro atoms. The molecule has 0 aliphatic heterocycles. The Morgan fingerprint density at radius 2 is 0.897 bits per heavy atom. The van der Waals surface area contributed by atoms with Gasteiger partial charge in [0.05, 0.1) is 25.4 Å². The van der Waals surface area contributed by atoms with E-state index in [2.05, 4.69) is 0 Å². The summed E-state index contributed by atoms with van der Waals surface area (Å²) in [5, 5.41) is 95.3. The summed E-state index contributed by atoms with van der Waals surface area (Å²) in [6, 6.07) is 0. The molecular formula is C15H36Cl2N2O10. The molecule has 0 amide bonds. The highest BCUT2D eigenvalue weighted by Crippen LogP contribution is 2.11. The van der Waals surface area contributed by atoms with E-state index in [0.29, 0.717) is 6.42 Å². The molecule has 0 aliphatic rings. The van der Waals surface area contributed by atoms with Crippen LogP contribution in [0.1, 0.15) is 6.42 Å². The lowest BCUT2D eigenvalue weighted by atomic mass is 10.0. The number of hydrogen-bond acceptors (Lipinski definition) is 12. The summed E-state index contributed by atoms with van der Waals surface area (Å²) in [5.74, 6) is 0. The van der Waals surface area contributed by atoms with E-state index in [1.807, 2.05) is 0 Å². The zero-order valence-corrected chi connectivity index (χ0v) is 17.5. The van der Waals surface area contributed by atoms with Crippen LogP contribution in [0.4, 0.5) is 0 Å². The quantitative estimate of drug-likeness (QED) is 0.106. The summed E-state index contributed by atoms with van der Waals surface area (Å²) >= 11 is 0. The van der Waals surface area contributed by atoms with Crippen LogP contribution in [0.15, 0.2) is 0 Å². The van der Waals surface area contributed by atoms with Gasteiger partial charge in [-0.2, -0.15) is 0 Å². The van der Waals surface area contributed by atoms with Gasteiger partial charge in [-0.1, -0.05) is 0 Å². The van der Waals surface area contributed by atoms with Crippen LogP contribution in [0.3, 0.4) is 0 Å². The third-order valence-electron chi connectivity index (χ3n) is 4.22. The molecule has 0 aromatic heterocycles. The maximum absolute atomic E-state index is 10.0. The Morgan fingerprint density at radius 1 is 0.586 bits per heavy atom. The molecule has 0 fully saturated rings. The Labute approximate surface area is 181 Å². The zero-order chi connectivity index (χ0) is 21.1. The first-order chi connectivity index (χ1) is 12.6. The number of aliphatic hydroxyl groups excluding tert-OH is 10. The Balaban J connectivity index is -0.00000338. The molecule has 0 radical (unpaired) electrons. The van der Waals surface area contributed by atoms with Crippen molar-refractivity contribution < 1.29 is 51.1 Å². The second-order valence-corrected chi connectivity index (χ2v) is 6.50. The predicted octanol–water partition coefficient (Wildman–Crippen LogP) is -5.65. The van der Waals surface area contributed by atoms with Crippen LogP contribution in [0, 0.1) is 0 Å². The van der Waals surface area contributed by atoms with Gasteiger partial charge < -0.3 is 56.8 Å². The second-order valence-electron chi connectivity index (χ2n) is 6.50. The van der Waals surface area contributed by atoms with Gasteiger partial charge in [-0.05, 0) is 19.5 Å². The van der Waals surface area contributed by atoms with E-state index in [1.165, 1.54) is 4.90 Å². The molecule has 0 rings (SSSR count). The lowest BCUT2D eigenvalue weighted by molar-refractivity contribution is -0.130. The molecule has 0 bridgehead atoms. The molecule has 12 N–H and O–H groups in total. The van der Waals surface area contributed by atoms with E-state index in [9.17, 15) is 40.9 Å². The van der Waals surface area contributed by atoms with Gasteiger partial charge in [0, 0.05) is 13.1 Å². The molecule has 0 heterocycles. The van der Waals surface area contributed by atoms with Crippen molar-refractivity contribution in [2.24, 2.45) is 5.73 Å². The van der Waals surface area contributed by atoms with Gasteiger partial charge in [-0.15, -0.1) is 24.8 Å². The largest absolute Gasteiger partial charge is 0.394 e. The molecular weight excluding hydrogens is 439 g/mol. The van der Waals surface area contributed by atoms with Crippen LogP contribution in [0.2, 0.25) is 0 Å². The Bertz CT molecular complexity index is 361. The molecule has 0 aromatic carbocycles. The molecule has 0 saturated carbocycles. The zero-order valence-electron chi connectivity index (χ0n) is 15.9. The second kappa shape index (κ2) is 17.7. The van der Waals surface area contributed by atoms with Crippen molar-refractivity contribution >= 4 is 24.8 Å². The minimum absolute atomic E-state index is 0. The van der Waals surface area contributed by atoms with E-state index in [-0.39, 0.29) is 51.0 Å². The first-order valence-corrected chi connectivity index (χ1v) is 8.69. The van der Waals surface area contributed by atoms with Gasteiger partial charge in [0.2, 0.25) is 0 Å². The molecule has 29 heavy (non-hydrogen) atoms. The number of aliphatic hydroxyl groups is 10. The van der Waals surface area contributed by atoms with E-state index in [4.69, 9.17) is 15.9 Å². The van der Waals surface area contributed by atoms with Crippen LogP contribution in [0.25, 0.3) is 0 Å². The van der Waals surface area contributed by atoms with Crippen molar-refractivity contribution in [2.75, 3.05) is 39.4 Å². The molecule has 14 heteroatoms. The van der Waals surface area contributed by atoms with Crippen molar-refractivity contribution in [3.63, 3.8) is 0 Å². The molecule has 0 aliphatic carbocycles. The minimum Gasteiger partial charge on any atom is -0.394 e. The summed E-state index contributed by atoms with van der Waals surface area (Å²) in [6.07, 6.45) is -13.2. The highest BCUT2D eigenvalue weighted by atomic mass is 35.5. The summed E-state index contributed by atoms with van der Waals surface area (Å²) < 4.78 is 0. The van der Waals surface area contributed by atoms with Crippen LogP contribution in [-0.4, -0.2) is 144 Å². The van der Waals surface area contributed by atoms with Crippen LogP contribution >= 0.6 is 24.8 Å². The van der Waals surface area contributed by atoms with Gasteiger partial charge in [0.15, 0.2) is 0 Å². The van der Waals surface area contributed by atoms with Gasteiger partial charge in [0.1, 0.15) is 36.6 Å². The monoisotopic (exact) mass is 474 g/mol. The van der Waals surface area contributed by atoms with Crippen molar-refractivity contribution in [1.82, 2.24) is 4.90 Å². The summed E-state index contributed by atoms with van der Waals surface area (Å²) in [5.41, 5.74) is 5.42. The summed E-state index contributed by atoms with van der Waals surface area (Å²) in [6.45, 7) is -1.74. The molecule has 180 valence electrons. The van der Waals surface area contributed by atoms with E-state index >= 15 is 0 Å². The Kier molecular flexibility index (Phi) is 20.6. The summed E-state index contributed by atoms with van der Waals surface area (Å²) in [7, 11) is 0. The van der Waals surface area contributed by atoms with Crippen molar-refractivity contribution in [3.8, 4) is 0 Å². The van der Waals surface area contributed by atoms with Crippen LogP contribution in [0.5, 0.6) is 0 Å². The number of hydrogen-bond donors (Lipinski definition) is 11. The van der Waals surface area contributed by atoms with Crippen LogP contribution < -0.4 is 5.73 Å². The molecule has 8 atom stereocenters. The van der Waals surface area contributed by atoms with Crippen LogP contribution in [-0.2, 0) is 0 Å². The molecule has 0 unspecified atom stereocenters. The fourth-order valence-electron chi connectivity index (χ4n) is 2.44. The smallest absolute Gasteiger partial charge is 0.111 e. The normalized spacial score (nSPS) is 19.9. The van der Waals surface area contributed by atoms with Gasteiger partial charge >= 0.3 is 0 Å². The maximum Gasteiger partial charge on any atom is 0.111 e. The first-order valence-electron chi connectivity index (χ1n) is 8.69. The third-order valence-corrected chi connectivity index (χ3v) is 4.22. The standard InChI is InChI=1S/C15H34N2O10.2ClH/c16-2-1-3-17(4-8(20)12(24)14(26)10(22)6-18)5-9(21)13(25)15(27)11(23)7-19;;/h8-15,18-27H,1-7,16H2;2*1H/t8-,9-,10+,11+,12+,13+,14+,15+;;/m0../s1. The highest BCUT2D eigenvalue weighted by molar-refractivity contribution is 5.85. The fourth-order valence-corrected chi connectivity index (χ4v) is 2.44. The average Bonchev–Trinajstić information content (AvgIpc) is 2.67. The van der Waals surface area contributed by atoms with Crippen molar-refractivity contribution in [2.45, 2.75) is 55.3 Å². The fraction of sp³-hybridized carbons (Fsp3) is 1.00. The SMILES string of the molecule is Cl.Cl.NCCCN(C[C@H](O)[C@@H](O)[C@H](O)[C@H](O)CO)C[C@H](O)[C@@H](O)[C@H](O)[C@H](O)CO. The third kappa shape index (κ3) is 11.9. The van der Waals surface area contributed by atoms with Gasteiger partial charge in [-0.25, -0.2) is 0 Å². The number of nitrogens with zero attached hydrogens (tertiary/aromatic N) is 1. The molecule has 12 nitrogen and oxygen atoms in total. The number of halogens is 2. The van der Waals surface area contributed by atoms with Gasteiger partial charge in [0.25, 0.3) is 0 Å². The lowest BCUT2D eigenvalue weighted by Gasteiger charge is -2.33. The Morgan fingerprint density at radius 3 is 1.17 bits per heavy atom. The van der Waals surface area contributed by atoms with Crippen molar-refractivity contribution in [1.29, 1.82) is 0 Å². The number of rotatable bonds is 15. The molecule has 0 aromatic rings. The van der Waals surface area contributed by atoms with E-state index < -0.39 is 62.0 Å². The topological polar surface area (TPSA) is 232 Å². The number of nitrogens with two attached hydrogens (primary N) is 1. The predicted molar refractivity (Wildman–Crippen MR) is 107 cm³/mol. The Hall–Kier alpha value is 0.100. The average molecular weight is 475 g/mol. The van der Waals surface area contributed by atoms with E-state index in [0.717, 1.165) is 0 Å². The first kappa shape index (κ1) is 33.7. The van der Waals surface area contributed by atoms with E-state index in [1.54, 1.807) is 0 Å². The minimum atomic E-state index is -1.81. The summed E-state index contributed by atoms with van der Waals surface area (Å²) in [4.78, 5) is 1.39.